The molecule has 0 aromatic heterocycles. The van der Waals surface area contributed by atoms with Crippen molar-refractivity contribution >= 4 is 10.1 Å². The van der Waals surface area contributed by atoms with Gasteiger partial charge in [-0.25, -0.2) is 8.42 Å². The molecule has 12 heavy (non-hydrogen) atoms. The summed E-state index contributed by atoms with van der Waals surface area (Å²) in [5.41, 5.74) is 0. The van der Waals surface area contributed by atoms with Crippen molar-refractivity contribution in [2.24, 2.45) is 0 Å². The highest BCUT2D eigenvalue weighted by Gasteiger charge is 2.27. The van der Waals surface area contributed by atoms with Gasteiger partial charge < -0.3 is 13.8 Å². The fourth-order valence-corrected chi connectivity index (χ4v) is 2.32. The molecule has 5 nitrogen and oxygen atoms in total. The number of morpholine rings is 1. The third kappa shape index (κ3) is 3.06. The second-order valence-electron chi connectivity index (χ2n) is 3.37. The summed E-state index contributed by atoms with van der Waals surface area (Å²) in [6.45, 7) is 2.26. The lowest BCUT2D eigenvalue weighted by Gasteiger charge is -2.37. The predicted octanol–water partition coefficient (Wildman–Crippen LogP) is -1.03. The maximum absolute atomic E-state index is 10.5. The Bertz CT molecular complexity index is 242. The number of rotatable bonds is 2. The smallest absolute Gasteiger partial charge is 0.169 e. The summed E-state index contributed by atoms with van der Waals surface area (Å²) in [6, 6.07) is 0. The minimum absolute atomic E-state index is 0.284. The summed E-state index contributed by atoms with van der Waals surface area (Å²) in [4.78, 5) is 0. The van der Waals surface area contributed by atoms with E-state index in [0.29, 0.717) is 26.3 Å². The Balaban J connectivity index is 2.59. The third-order valence-electron chi connectivity index (χ3n) is 2.02. The minimum Gasteiger partial charge on any atom is -0.744 e. The highest BCUT2D eigenvalue weighted by atomic mass is 32.2. The second-order valence-corrected chi connectivity index (χ2v) is 4.74. The quantitative estimate of drug-likeness (QED) is 0.417. The highest BCUT2D eigenvalue weighted by Crippen LogP contribution is 2.08. The molecule has 0 saturated carbocycles. The van der Waals surface area contributed by atoms with E-state index < -0.39 is 10.1 Å². The maximum atomic E-state index is 10.5. The molecule has 0 aromatic rings. The normalized spacial score (nSPS) is 23.8. The third-order valence-corrected chi connectivity index (χ3v) is 2.96. The Morgan fingerprint density at radius 3 is 2.33 bits per heavy atom. The van der Waals surface area contributed by atoms with Crippen LogP contribution in [-0.2, 0) is 14.9 Å². The zero-order valence-corrected chi connectivity index (χ0v) is 7.84. The maximum Gasteiger partial charge on any atom is 0.169 e. The average Bonchev–Trinajstić information content (AvgIpc) is 1.83. The first kappa shape index (κ1) is 9.91. The van der Waals surface area contributed by atoms with Gasteiger partial charge in [-0.15, -0.1) is 0 Å². The molecule has 0 aliphatic carbocycles. The van der Waals surface area contributed by atoms with Crippen LogP contribution in [0.1, 0.15) is 0 Å². The van der Waals surface area contributed by atoms with E-state index in [4.69, 9.17) is 4.74 Å². The summed E-state index contributed by atoms with van der Waals surface area (Å²) in [6.07, 6.45) is 0. The largest absolute Gasteiger partial charge is 0.744 e. The van der Waals surface area contributed by atoms with Crippen LogP contribution in [0.25, 0.3) is 0 Å². The molecule has 1 saturated heterocycles. The first-order valence-electron chi connectivity index (χ1n) is 3.76. The van der Waals surface area contributed by atoms with Crippen LogP contribution < -0.4 is 0 Å². The van der Waals surface area contributed by atoms with Crippen LogP contribution in [0, 0.1) is 0 Å². The summed E-state index contributed by atoms with van der Waals surface area (Å²) in [5, 5.41) is 0. The van der Waals surface area contributed by atoms with Gasteiger partial charge in [0, 0.05) is 0 Å². The molecule has 72 valence electrons. The molecule has 1 fully saturated rings. The van der Waals surface area contributed by atoms with Crippen molar-refractivity contribution < 1.29 is 22.2 Å². The van der Waals surface area contributed by atoms with Crippen LogP contribution in [0.4, 0.5) is 0 Å². The van der Waals surface area contributed by atoms with Crippen molar-refractivity contribution in [1.82, 2.24) is 0 Å². The lowest BCUT2D eigenvalue weighted by molar-refractivity contribution is -0.906. The van der Waals surface area contributed by atoms with E-state index in [1.54, 1.807) is 7.05 Å². The van der Waals surface area contributed by atoms with Crippen LogP contribution in [0.15, 0.2) is 0 Å². The van der Waals surface area contributed by atoms with Crippen LogP contribution in [0.3, 0.4) is 0 Å². The van der Waals surface area contributed by atoms with Crippen LogP contribution in [0.2, 0.25) is 0 Å². The van der Waals surface area contributed by atoms with Gasteiger partial charge in [0.1, 0.15) is 23.2 Å². The molecule has 0 aromatic carbocycles. The van der Waals surface area contributed by atoms with E-state index in [0.717, 1.165) is 0 Å². The monoisotopic (exact) mass is 195 g/mol. The number of hydrogen-bond donors (Lipinski definition) is 0. The van der Waals surface area contributed by atoms with E-state index in [1.165, 1.54) is 0 Å². The van der Waals surface area contributed by atoms with Crippen LogP contribution in [0.5, 0.6) is 0 Å². The van der Waals surface area contributed by atoms with Gasteiger partial charge in [-0.1, -0.05) is 0 Å². The average molecular weight is 195 g/mol. The van der Waals surface area contributed by atoms with E-state index in [9.17, 15) is 13.0 Å². The van der Waals surface area contributed by atoms with Gasteiger partial charge in [-0.3, -0.25) is 0 Å². The molecule has 1 rings (SSSR count). The second kappa shape index (κ2) is 3.29. The van der Waals surface area contributed by atoms with E-state index in [1.807, 2.05) is 0 Å². The molecule has 1 aliphatic heterocycles. The summed E-state index contributed by atoms with van der Waals surface area (Å²) in [7, 11) is -2.35. The molecule has 1 aliphatic rings. The molecule has 0 amide bonds. The minimum atomic E-state index is -4.12. The standard InChI is InChI=1S/C6H13NO4S/c1-7(6-12(8,9)10)2-4-11-5-3-7/h2-6H2,1H3. The van der Waals surface area contributed by atoms with E-state index in [2.05, 4.69) is 0 Å². The fourth-order valence-electron chi connectivity index (χ4n) is 1.29. The molecule has 0 radical (unpaired) electrons. The zero-order chi connectivity index (χ0) is 9.24. The molecule has 0 bridgehead atoms. The molecule has 6 heteroatoms. The molecule has 0 spiro atoms. The van der Waals surface area contributed by atoms with Gasteiger partial charge in [-0.05, 0) is 0 Å². The number of nitrogens with zero attached hydrogens (tertiary/aromatic N) is 1. The topological polar surface area (TPSA) is 66.4 Å². The van der Waals surface area contributed by atoms with Crippen molar-refractivity contribution in [1.29, 1.82) is 0 Å². The SMILES string of the molecule is C[N+]1(CS(=O)(=O)[O-])CCOCC1. The predicted molar refractivity (Wildman–Crippen MR) is 41.3 cm³/mol. The Labute approximate surface area is 72.3 Å². The van der Waals surface area contributed by atoms with Crippen LogP contribution in [-0.4, -0.2) is 56.7 Å². The Kier molecular flexibility index (Phi) is 2.72. The van der Waals surface area contributed by atoms with Gasteiger partial charge in [0.15, 0.2) is 5.88 Å². The van der Waals surface area contributed by atoms with Gasteiger partial charge in [0.2, 0.25) is 0 Å². The molecule has 0 N–H and O–H groups in total. The summed E-state index contributed by atoms with van der Waals surface area (Å²) >= 11 is 0. The molecule has 0 atom stereocenters. The first-order valence-corrected chi connectivity index (χ1v) is 5.34. The summed E-state index contributed by atoms with van der Waals surface area (Å²) < 4.78 is 36.8. The van der Waals surface area contributed by atoms with Gasteiger partial charge >= 0.3 is 0 Å². The van der Waals surface area contributed by atoms with E-state index in [-0.39, 0.29) is 10.4 Å². The van der Waals surface area contributed by atoms with Crippen molar-refractivity contribution in [3.05, 3.63) is 0 Å². The number of ether oxygens (including phenoxy) is 1. The lowest BCUT2D eigenvalue weighted by Crippen LogP contribution is -2.54. The zero-order valence-electron chi connectivity index (χ0n) is 7.02. The van der Waals surface area contributed by atoms with Crippen molar-refractivity contribution in [2.45, 2.75) is 0 Å². The highest BCUT2D eigenvalue weighted by molar-refractivity contribution is 7.85. The fraction of sp³-hybridized carbons (Fsp3) is 1.00. The van der Waals surface area contributed by atoms with Crippen LogP contribution >= 0.6 is 0 Å². The first-order chi connectivity index (χ1) is 5.41. The molecular formula is C6H13NO4S. The van der Waals surface area contributed by atoms with Crippen molar-refractivity contribution in [2.75, 3.05) is 39.2 Å². The Hall–Kier alpha value is -0.170. The lowest BCUT2D eigenvalue weighted by atomic mass is 10.4. The van der Waals surface area contributed by atoms with Gasteiger partial charge in [0.25, 0.3) is 0 Å². The Morgan fingerprint density at radius 2 is 1.92 bits per heavy atom. The van der Waals surface area contributed by atoms with Gasteiger partial charge in [-0.2, -0.15) is 0 Å². The summed E-state index contributed by atoms with van der Waals surface area (Å²) in [5.74, 6) is -0.323. The molecular weight excluding hydrogens is 182 g/mol. The Morgan fingerprint density at radius 1 is 1.42 bits per heavy atom. The van der Waals surface area contributed by atoms with Gasteiger partial charge in [0.05, 0.1) is 20.3 Å². The molecule has 0 unspecified atom stereocenters. The van der Waals surface area contributed by atoms with Crippen molar-refractivity contribution in [3.63, 3.8) is 0 Å². The van der Waals surface area contributed by atoms with Crippen molar-refractivity contribution in [3.8, 4) is 0 Å². The van der Waals surface area contributed by atoms with E-state index >= 15 is 0 Å². The number of likely N-dealkylation sites (N-methyl/N-ethyl adjacent to an activating group) is 1. The molecule has 1 heterocycles. The number of hydrogen-bond acceptors (Lipinski definition) is 4. The number of quaternary nitrogens is 1.